The molecule has 0 aliphatic heterocycles. The van der Waals surface area contributed by atoms with Gasteiger partial charge < -0.3 is 10.3 Å². The first-order valence-electron chi connectivity index (χ1n) is 7.73. The van der Waals surface area contributed by atoms with E-state index in [0.717, 1.165) is 6.42 Å². The van der Waals surface area contributed by atoms with Gasteiger partial charge in [0.05, 0.1) is 0 Å². The van der Waals surface area contributed by atoms with E-state index in [0.29, 0.717) is 35.7 Å². The van der Waals surface area contributed by atoms with Gasteiger partial charge in [0.1, 0.15) is 17.5 Å². The van der Waals surface area contributed by atoms with E-state index in [1.54, 1.807) is 12.1 Å². The number of rotatable bonds is 3. The van der Waals surface area contributed by atoms with E-state index in [9.17, 15) is 4.79 Å². The highest BCUT2D eigenvalue weighted by Gasteiger charge is 2.52. The molecule has 1 fully saturated rings. The van der Waals surface area contributed by atoms with Crippen LogP contribution in [-0.2, 0) is 6.42 Å². The summed E-state index contributed by atoms with van der Waals surface area (Å²) in [6.45, 7) is 0.712. The van der Waals surface area contributed by atoms with Gasteiger partial charge in [0.2, 0.25) is 0 Å². The highest BCUT2D eigenvalue weighted by atomic mass is 16.1. The Kier molecular flexibility index (Phi) is 3.00. The fourth-order valence-electron chi connectivity index (χ4n) is 3.89. The standard InChI is InChI=1S/C18H17N3O/c19-9-12-6-8-16(21-12)18(22)20-10-15-14-7-5-11-3-1-2-4-13(11)17(14)15/h1-4,6,8,14-15,17,21H,5,7,10H2,(H,20,22). The molecule has 4 rings (SSSR count). The quantitative estimate of drug-likeness (QED) is 0.912. The summed E-state index contributed by atoms with van der Waals surface area (Å²) in [5.74, 6) is 1.76. The maximum atomic E-state index is 12.1. The van der Waals surface area contributed by atoms with Gasteiger partial charge in [-0.1, -0.05) is 24.3 Å². The SMILES string of the molecule is N#Cc1ccc(C(=O)NCC2C3CCc4ccccc4C32)[nH]1. The second kappa shape index (κ2) is 5.03. The molecule has 22 heavy (non-hydrogen) atoms. The van der Waals surface area contributed by atoms with Crippen LogP contribution in [0.3, 0.4) is 0 Å². The summed E-state index contributed by atoms with van der Waals surface area (Å²) in [5, 5.41) is 11.8. The zero-order valence-electron chi connectivity index (χ0n) is 12.2. The Bertz CT molecular complexity index is 771. The molecule has 2 N–H and O–H groups in total. The second-order valence-corrected chi connectivity index (χ2v) is 6.20. The minimum absolute atomic E-state index is 0.126. The van der Waals surface area contributed by atoms with E-state index in [4.69, 9.17) is 5.26 Å². The van der Waals surface area contributed by atoms with Crippen LogP contribution >= 0.6 is 0 Å². The summed E-state index contributed by atoms with van der Waals surface area (Å²) in [5.41, 5.74) is 3.82. The second-order valence-electron chi connectivity index (χ2n) is 6.20. The molecule has 3 atom stereocenters. The summed E-state index contributed by atoms with van der Waals surface area (Å²) in [6.07, 6.45) is 2.38. The molecule has 3 unspecified atom stereocenters. The third-order valence-electron chi connectivity index (χ3n) is 5.04. The third-order valence-corrected chi connectivity index (χ3v) is 5.04. The molecule has 0 saturated heterocycles. The number of carbonyl (C=O) groups excluding carboxylic acids is 1. The first-order valence-corrected chi connectivity index (χ1v) is 7.73. The predicted molar refractivity (Wildman–Crippen MR) is 82.3 cm³/mol. The fourth-order valence-corrected chi connectivity index (χ4v) is 3.89. The maximum Gasteiger partial charge on any atom is 0.267 e. The average Bonchev–Trinajstić information content (AvgIpc) is 3.06. The lowest BCUT2D eigenvalue weighted by Crippen LogP contribution is -2.26. The highest BCUT2D eigenvalue weighted by Crippen LogP contribution is 2.59. The molecule has 2 aliphatic rings. The summed E-state index contributed by atoms with van der Waals surface area (Å²) >= 11 is 0. The van der Waals surface area contributed by atoms with Crippen molar-refractivity contribution >= 4 is 5.91 Å². The van der Waals surface area contributed by atoms with Crippen LogP contribution in [0.4, 0.5) is 0 Å². The number of amides is 1. The molecule has 1 heterocycles. The molecular formula is C18H17N3O. The van der Waals surface area contributed by atoms with Crippen LogP contribution in [0.2, 0.25) is 0 Å². The zero-order valence-corrected chi connectivity index (χ0v) is 12.2. The number of hydrogen-bond donors (Lipinski definition) is 2. The molecule has 1 saturated carbocycles. The van der Waals surface area contributed by atoms with Crippen LogP contribution in [0.1, 0.15) is 39.6 Å². The summed E-state index contributed by atoms with van der Waals surface area (Å²) in [7, 11) is 0. The van der Waals surface area contributed by atoms with Crippen molar-refractivity contribution in [2.24, 2.45) is 11.8 Å². The molecule has 110 valence electrons. The largest absolute Gasteiger partial charge is 0.350 e. The van der Waals surface area contributed by atoms with Crippen LogP contribution in [0.25, 0.3) is 0 Å². The summed E-state index contributed by atoms with van der Waals surface area (Å²) in [4.78, 5) is 14.9. The molecular weight excluding hydrogens is 274 g/mol. The molecule has 0 radical (unpaired) electrons. The Morgan fingerprint density at radius 3 is 3.00 bits per heavy atom. The molecule has 4 nitrogen and oxygen atoms in total. The topological polar surface area (TPSA) is 68.7 Å². The number of H-pyrrole nitrogens is 1. The minimum atomic E-state index is -0.126. The van der Waals surface area contributed by atoms with E-state index in [-0.39, 0.29) is 5.91 Å². The van der Waals surface area contributed by atoms with Crippen molar-refractivity contribution in [1.29, 1.82) is 5.26 Å². The summed E-state index contributed by atoms with van der Waals surface area (Å²) < 4.78 is 0. The van der Waals surface area contributed by atoms with Crippen LogP contribution in [0, 0.1) is 23.2 Å². The smallest absolute Gasteiger partial charge is 0.267 e. The first kappa shape index (κ1) is 13.1. The van der Waals surface area contributed by atoms with Crippen molar-refractivity contribution in [2.45, 2.75) is 18.8 Å². The number of nitriles is 1. The normalized spacial score (nSPS) is 24.8. The molecule has 4 heteroatoms. The summed E-state index contributed by atoms with van der Waals surface area (Å²) in [6, 6.07) is 14.0. The van der Waals surface area contributed by atoms with Crippen molar-refractivity contribution in [2.75, 3.05) is 6.54 Å². The van der Waals surface area contributed by atoms with Gasteiger partial charge in [-0.15, -0.1) is 0 Å². The van der Waals surface area contributed by atoms with E-state index in [1.807, 2.05) is 6.07 Å². The van der Waals surface area contributed by atoms with Gasteiger partial charge in [0.15, 0.2) is 0 Å². The molecule has 1 aromatic carbocycles. The number of benzene rings is 1. The highest BCUT2D eigenvalue weighted by molar-refractivity contribution is 5.92. The van der Waals surface area contributed by atoms with Crippen molar-refractivity contribution in [1.82, 2.24) is 10.3 Å². The number of fused-ring (bicyclic) bond motifs is 3. The van der Waals surface area contributed by atoms with Crippen LogP contribution < -0.4 is 5.32 Å². The molecule has 1 amide bonds. The van der Waals surface area contributed by atoms with Gasteiger partial charge >= 0.3 is 0 Å². The third kappa shape index (κ3) is 2.10. The van der Waals surface area contributed by atoms with Gasteiger partial charge in [-0.05, 0) is 53.9 Å². The number of nitrogens with zero attached hydrogens (tertiary/aromatic N) is 1. The Hall–Kier alpha value is -2.54. The fraction of sp³-hybridized carbons (Fsp3) is 0.333. The number of aromatic nitrogens is 1. The van der Waals surface area contributed by atoms with Crippen molar-refractivity contribution in [3.63, 3.8) is 0 Å². The number of carbonyl (C=O) groups is 1. The Balaban J connectivity index is 1.40. The van der Waals surface area contributed by atoms with Crippen LogP contribution in [-0.4, -0.2) is 17.4 Å². The van der Waals surface area contributed by atoms with Crippen LogP contribution in [0.15, 0.2) is 36.4 Å². The van der Waals surface area contributed by atoms with Crippen molar-refractivity contribution < 1.29 is 4.79 Å². The van der Waals surface area contributed by atoms with E-state index < -0.39 is 0 Å². The number of nitrogens with one attached hydrogen (secondary N) is 2. The first-order chi connectivity index (χ1) is 10.8. The average molecular weight is 291 g/mol. The van der Waals surface area contributed by atoms with Gasteiger partial charge in [-0.3, -0.25) is 4.79 Å². The van der Waals surface area contributed by atoms with Gasteiger partial charge in [0.25, 0.3) is 5.91 Å². The number of hydrogen-bond acceptors (Lipinski definition) is 2. The Morgan fingerprint density at radius 1 is 1.32 bits per heavy atom. The lowest BCUT2D eigenvalue weighted by Gasteiger charge is -2.13. The monoisotopic (exact) mass is 291 g/mol. The zero-order chi connectivity index (χ0) is 15.1. The number of aryl methyl sites for hydroxylation is 1. The van der Waals surface area contributed by atoms with Crippen LogP contribution in [0.5, 0.6) is 0 Å². The van der Waals surface area contributed by atoms with E-state index in [1.165, 1.54) is 17.5 Å². The lowest BCUT2D eigenvalue weighted by atomic mass is 9.92. The minimum Gasteiger partial charge on any atom is -0.350 e. The molecule has 0 bridgehead atoms. The predicted octanol–water partition coefficient (Wildman–Crippen LogP) is 2.59. The van der Waals surface area contributed by atoms with Crippen molar-refractivity contribution in [3.05, 3.63) is 58.9 Å². The van der Waals surface area contributed by atoms with E-state index in [2.05, 4.69) is 34.6 Å². The maximum absolute atomic E-state index is 12.1. The van der Waals surface area contributed by atoms with E-state index >= 15 is 0 Å². The molecule has 1 aromatic heterocycles. The van der Waals surface area contributed by atoms with Crippen molar-refractivity contribution in [3.8, 4) is 6.07 Å². The Labute approximate surface area is 129 Å². The molecule has 2 aromatic rings. The molecule has 2 aliphatic carbocycles. The lowest BCUT2D eigenvalue weighted by molar-refractivity contribution is 0.0946. The van der Waals surface area contributed by atoms with Gasteiger partial charge in [0, 0.05) is 6.54 Å². The van der Waals surface area contributed by atoms with Gasteiger partial charge in [-0.25, -0.2) is 0 Å². The Morgan fingerprint density at radius 2 is 2.18 bits per heavy atom. The number of aromatic amines is 1. The molecule has 0 spiro atoms. The van der Waals surface area contributed by atoms with Gasteiger partial charge in [-0.2, -0.15) is 5.26 Å².